The number of halogens is 1. The summed E-state index contributed by atoms with van der Waals surface area (Å²) in [6, 6.07) is 5.27. The molecule has 140 valence electrons. The lowest BCUT2D eigenvalue weighted by Gasteiger charge is -2.21. The normalized spacial score (nSPS) is 10.4. The van der Waals surface area contributed by atoms with Crippen LogP contribution in [-0.2, 0) is 6.54 Å². The van der Waals surface area contributed by atoms with E-state index in [1.807, 2.05) is 13.8 Å². The van der Waals surface area contributed by atoms with Gasteiger partial charge in [-0.1, -0.05) is 19.9 Å². The Hall–Kier alpha value is -2.90. The number of nitrogens with one attached hydrogen (secondary N) is 2. The molecule has 2 N–H and O–H groups in total. The number of oxazole rings is 1. The Morgan fingerprint density at radius 1 is 1.27 bits per heavy atom. The number of hydrogen-bond acceptors (Lipinski definition) is 4. The van der Waals surface area contributed by atoms with Crippen molar-refractivity contribution in [1.29, 1.82) is 0 Å². The average Bonchev–Trinajstić information content (AvgIpc) is 3.08. The largest absolute Gasteiger partial charge is 0.446 e. The number of carbonyl (C=O) groups is 2. The van der Waals surface area contributed by atoms with Gasteiger partial charge in [0.05, 0.1) is 6.54 Å². The number of carbonyl (C=O) groups excluding carboxylic acids is 2. The molecule has 0 spiro atoms. The third kappa shape index (κ3) is 5.58. The van der Waals surface area contributed by atoms with E-state index in [0.29, 0.717) is 18.8 Å². The van der Waals surface area contributed by atoms with Gasteiger partial charge in [0.15, 0.2) is 5.69 Å². The molecule has 0 saturated heterocycles. The SMILES string of the molecule is CCCNC(=O)c1coc(CN(CCC)C(=O)Nc2cccc(F)c2)n1. The minimum Gasteiger partial charge on any atom is -0.446 e. The number of nitrogens with zero attached hydrogens (tertiary/aromatic N) is 2. The summed E-state index contributed by atoms with van der Waals surface area (Å²) in [6.45, 7) is 5.01. The third-order valence-electron chi connectivity index (χ3n) is 3.50. The summed E-state index contributed by atoms with van der Waals surface area (Å²) in [5.74, 6) is -0.483. The first-order valence-electron chi connectivity index (χ1n) is 8.57. The maximum Gasteiger partial charge on any atom is 0.322 e. The Kier molecular flexibility index (Phi) is 7.13. The van der Waals surface area contributed by atoms with Gasteiger partial charge in [-0.3, -0.25) is 4.79 Å². The van der Waals surface area contributed by atoms with Gasteiger partial charge in [-0.15, -0.1) is 0 Å². The van der Waals surface area contributed by atoms with E-state index >= 15 is 0 Å². The molecule has 7 nitrogen and oxygen atoms in total. The molecule has 0 atom stereocenters. The number of aromatic nitrogens is 1. The molecule has 0 aliphatic carbocycles. The first-order valence-corrected chi connectivity index (χ1v) is 8.57. The zero-order valence-corrected chi connectivity index (χ0v) is 14.9. The zero-order valence-electron chi connectivity index (χ0n) is 14.9. The van der Waals surface area contributed by atoms with E-state index in [-0.39, 0.29) is 24.0 Å². The number of benzene rings is 1. The smallest absolute Gasteiger partial charge is 0.322 e. The van der Waals surface area contributed by atoms with Crippen LogP contribution in [0.3, 0.4) is 0 Å². The van der Waals surface area contributed by atoms with Gasteiger partial charge >= 0.3 is 6.03 Å². The monoisotopic (exact) mass is 362 g/mol. The lowest BCUT2D eigenvalue weighted by atomic mass is 10.3. The average molecular weight is 362 g/mol. The van der Waals surface area contributed by atoms with E-state index < -0.39 is 11.8 Å². The summed E-state index contributed by atoms with van der Waals surface area (Å²) >= 11 is 0. The second kappa shape index (κ2) is 9.55. The van der Waals surface area contributed by atoms with Crippen molar-refractivity contribution in [3.8, 4) is 0 Å². The van der Waals surface area contributed by atoms with Crippen molar-refractivity contribution in [2.24, 2.45) is 0 Å². The first kappa shape index (κ1) is 19.4. The van der Waals surface area contributed by atoms with E-state index in [2.05, 4.69) is 15.6 Å². The van der Waals surface area contributed by atoms with Gasteiger partial charge in [-0.2, -0.15) is 0 Å². The molecule has 1 aromatic carbocycles. The molecule has 0 radical (unpaired) electrons. The fourth-order valence-corrected chi connectivity index (χ4v) is 2.27. The highest BCUT2D eigenvalue weighted by Gasteiger charge is 2.18. The fourth-order valence-electron chi connectivity index (χ4n) is 2.27. The van der Waals surface area contributed by atoms with Crippen LogP contribution in [0.4, 0.5) is 14.9 Å². The Balaban J connectivity index is 2.02. The molecule has 1 heterocycles. The molecular formula is C18H23FN4O3. The molecule has 1 aromatic heterocycles. The minimum absolute atomic E-state index is 0.107. The Bertz CT molecular complexity index is 748. The van der Waals surface area contributed by atoms with Gasteiger partial charge in [0.1, 0.15) is 12.1 Å². The molecule has 0 aliphatic rings. The van der Waals surface area contributed by atoms with Gasteiger partial charge in [-0.05, 0) is 31.0 Å². The molecule has 0 aliphatic heterocycles. The molecule has 0 bridgehead atoms. The van der Waals surface area contributed by atoms with Gasteiger partial charge in [0.25, 0.3) is 5.91 Å². The predicted octanol–water partition coefficient (Wildman–Crippen LogP) is 3.40. The highest BCUT2D eigenvalue weighted by molar-refractivity contribution is 5.92. The van der Waals surface area contributed by atoms with Crippen LogP contribution >= 0.6 is 0 Å². The molecule has 3 amide bonds. The Morgan fingerprint density at radius 3 is 2.77 bits per heavy atom. The predicted molar refractivity (Wildman–Crippen MR) is 95.2 cm³/mol. The molecule has 0 fully saturated rings. The van der Waals surface area contributed by atoms with Crippen molar-refractivity contribution in [2.45, 2.75) is 33.2 Å². The summed E-state index contributed by atoms with van der Waals surface area (Å²) in [7, 11) is 0. The maximum absolute atomic E-state index is 13.3. The van der Waals surface area contributed by atoms with Gasteiger partial charge in [0, 0.05) is 18.8 Å². The van der Waals surface area contributed by atoms with Gasteiger partial charge < -0.3 is 20.0 Å². The van der Waals surface area contributed by atoms with Crippen LogP contribution < -0.4 is 10.6 Å². The molecular weight excluding hydrogens is 339 g/mol. The Labute approximate surface area is 151 Å². The second-order valence-corrected chi connectivity index (χ2v) is 5.74. The van der Waals surface area contributed by atoms with Crippen LogP contribution in [0.1, 0.15) is 43.1 Å². The van der Waals surface area contributed by atoms with Crippen molar-refractivity contribution >= 4 is 17.6 Å². The molecule has 26 heavy (non-hydrogen) atoms. The molecule has 2 aromatic rings. The van der Waals surface area contributed by atoms with E-state index in [0.717, 1.165) is 12.8 Å². The molecule has 2 rings (SSSR count). The van der Waals surface area contributed by atoms with Crippen molar-refractivity contribution in [3.63, 3.8) is 0 Å². The highest BCUT2D eigenvalue weighted by Crippen LogP contribution is 2.12. The molecule has 8 heteroatoms. The Morgan fingerprint density at radius 2 is 2.08 bits per heavy atom. The number of rotatable bonds is 8. The van der Waals surface area contributed by atoms with Gasteiger partial charge in [0.2, 0.25) is 5.89 Å². The van der Waals surface area contributed by atoms with Gasteiger partial charge in [-0.25, -0.2) is 14.2 Å². The second-order valence-electron chi connectivity index (χ2n) is 5.74. The fraction of sp³-hybridized carbons (Fsp3) is 0.389. The topological polar surface area (TPSA) is 87.5 Å². The quantitative estimate of drug-likeness (QED) is 0.753. The van der Waals surface area contributed by atoms with Crippen LogP contribution in [0, 0.1) is 5.82 Å². The lowest BCUT2D eigenvalue weighted by Crippen LogP contribution is -2.35. The number of hydrogen-bond donors (Lipinski definition) is 2. The van der Waals surface area contributed by atoms with Crippen LogP contribution in [0.2, 0.25) is 0 Å². The minimum atomic E-state index is -0.430. The van der Waals surface area contributed by atoms with Crippen LogP contribution in [0.25, 0.3) is 0 Å². The number of amides is 3. The van der Waals surface area contributed by atoms with E-state index in [1.54, 1.807) is 6.07 Å². The summed E-state index contributed by atoms with van der Waals surface area (Å²) < 4.78 is 18.6. The summed E-state index contributed by atoms with van der Waals surface area (Å²) in [5, 5.41) is 5.35. The number of urea groups is 1. The lowest BCUT2D eigenvalue weighted by molar-refractivity contribution is 0.0948. The van der Waals surface area contributed by atoms with Crippen molar-refractivity contribution in [1.82, 2.24) is 15.2 Å². The van der Waals surface area contributed by atoms with E-state index in [4.69, 9.17) is 4.42 Å². The first-order chi connectivity index (χ1) is 12.5. The van der Waals surface area contributed by atoms with E-state index in [9.17, 15) is 14.0 Å². The standard InChI is InChI=1S/C18H23FN4O3/c1-3-8-20-17(24)15-12-26-16(22-15)11-23(9-4-2)18(25)21-14-7-5-6-13(19)10-14/h5-7,10,12H,3-4,8-9,11H2,1-2H3,(H,20,24)(H,21,25). The number of anilines is 1. The highest BCUT2D eigenvalue weighted by atomic mass is 19.1. The van der Waals surface area contributed by atoms with E-state index in [1.165, 1.54) is 29.4 Å². The van der Waals surface area contributed by atoms with Crippen LogP contribution in [-0.4, -0.2) is 34.9 Å². The summed E-state index contributed by atoms with van der Waals surface area (Å²) in [6.07, 6.45) is 2.82. The molecule has 0 unspecified atom stereocenters. The molecule has 0 saturated carbocycles. The summed E-state index contributed by atoms with van der Waals surface area (Å²) in [5.41, 5.74) is 0.540. The third-order valence-corrected chi connectivity index (χ3v) is 3.50. The van der Waals surface area contributed by atoms with Crippen molar-refractivity contribution < 1.29 is 18.4 Å². The summed E-state index contributed by atoms with van der Waals surface area (Å²) in [4.78, 5) is 29.9. The van der Waals surface area contributed by atoms with Crippen LogP contribution in [0.15, 0.2) is 34.9 Å². The van der Waals surface area contributed by atoms with Crippen molar-refractivity contribution in [3.05, 3.63) is 47.9 Å². The maximum atomic E-state index is 13.3. The zero-order chi connectivity index (χ0) is 18.9. The van der Waals surface area contributed by atoms with Crippen molar-refractivity contribution in [2.75, 3.05) is 18.4 Å². The van der Waals surface area contributed by atoms with Crippen LogP contribution in [0.5, 0.6) is 0 Å².